The molecule has 0 fully saturated rings. The molecule has 3 rings (SSSR count). The van der Waals surface area contributed by atoms with Crippen molar-refractivity contribution in [1.82, 2.24) is 25.2 Å². The fraction of sp³-hybridized carbons (Fsp3) is 0.600. The van der Waals surface area contributed by atoms with Crippen LogP contribution in [0.1, 0.15) is 37.6 Å². The van der Waals surface area contributed by atoms with Gasteiger partial charge in [-0.25, -0.2) is 9.67 Å². The molecular formula is C15H22N6O2. The Morgan fingerprint density at radius 1 is 1.57 bits per heavy atom. The Bertz CT molecular complexity index is 692. The quantitative estimate of drug-likeness (QED) is 0.856. The van der Waals surface area contributed by atoms with E-state index >= 15 is 0 Å². The highest BCUT2D eigenvalue weighted by atomic mass is 16.5. The lowest BCUT2D eigenvalue weighted by molar-refractivity contribution is -0.118. The molecule has 3 heterocycles. The van der Waals surface area contributed by atoms with Crippen molar-refractivity contribution in [2.75, 3.05) is 5.32 Å². The second kappa shape index (κ2) is 6.49. The van der Waals surface area contributed by atoms with Crippen LogP contribution in [0.25, 0.3) is 0 Å². The van der Waals surface area contributed by atoms with E-state index in [-0.39, 0.29) is 18.0 Å². The maximum Gasteiger partial charge on any atom is 0.243 e. The molecule has 1 aliphatic rings. The lowest BCUT2D eigenvalue weighted by Gasteiger charge is -2.26. The van der Waals surface area contributed by atoms with Gasteiger partial charge in [0.2, 0.25) is 11.8 Å². The number of amides is 1. The van der Waals surface area contributed by atoms with Gasteiger partial charge in [0.05, 0.1) is 18.3 Å². The lowest BCUT2D eigenvalue weighted by atomic mass is 10.1. The third-order valence-electron chi connectivity index (χ3n) is 3.97. The summed E-state index contributed by atoms with van der Waals surface area (Å²) in [5.41, 5.74) is 0.735. The molecule has 0 radical (unpaired) electrons. The first-order valence-corrected chi connectivity index (χ1v) is 7.98. The molecule has 0 spiro atoms. The van der Waals surface area contributed by atoms with Crippen molar-refractivity contribution in [1.29, 1.82) is 0 Å². The van der Waals surface area contributed by atoms with E-state index in [4.69, 9.17) is 4.52 Å². The number of nitrogens with zero attached hydrogens (tertiary/aromatic N) is 4. The lowest BCUT2D eigenvalue weighted by Crippen LogP contribution is -2.47. The second-order valence-electron chi connectivity index (χ2n) is 5.93. The molecule has 2 aromatic heterocycles. The Morgan fingerprint density at radius 2 is 2.39 bits per heavy atom. The number of hydrogen-bond donors (Lipinski definition) is 2. The molecule has 1 amide bonds. The molecule has 0 saturated heterocycles. The minimum absolute atomic E-state index is 0.139. The van der Waals surface area contributed by atoms with Crippen LogP contribution in [0.2, 0.25) is 0 Å². The molecule has 0 unspecified atom stereocenters. The zero-order chi connectivity index (χ0) is 16.4. The molecule has 2 N–H and O–H groups in total. The first-order chi connectivity index (χ1) is 11.0. The number of rotatable bonds is 5. The van der Waals surface area contributed by atoms with Gasteiger partial charge in [0.1, 0.15) is 5.82 Å². The van der Waals surface area contributed by atoms with Gasteiger partial charge in [-0.2, -0.15) is 5.10 Å². The summed E-state index contributed by atoms with van der Waals surface area (Å²) in [6.45, 7) is 6.44. The van der Waals surface area contributed by atoms with E-state index in [2.05, 4.69) is 32.8 Å². The third-order valence-corrected chi connectivity index (χ3v) is 3.97. The van der Waals surface area contributed by atoms with E-state index in [0.717, 1.165) is 43.1 Å². The van der Waals surface area contributed by atoms with Crippen LogP contribution in [0.4, 0.5) is 5.88 Å². The summed E-state index contributed by atoms with van der Waals surface area (Å²) in [6, 6.07) is 1.56. The van der Waals surface area contributed by atoms with Crippen LogP contribution in [0.5, 0.6) is 0 Å². The summed E-state index contributed by atoms with van der Waals surface area (Å²) in [5.74, 6) is 2.15. The Morgan fingerprint density at radius 3 is 3.09 bits per heavy atom. The van der Waals surface area contributed by atoms with Gasteiger partial charge in [-0.1, -0.05) is 12.1 Å². The summed E-state index contributed by atoms with van der Waals surface area (Å²) in [5, 5.41) is 14.3. The molecule has 2 atom stereocenters. The fourth-order valence-corrected chi connectivity index (χ4v) is 2.73. The van der Waals surface area contributed by atoms with E-state index in [1.165, 1.54) is 0 Å². The predicted molar refractivity (Wildman–Crippen MR) is 84.0 cm³/mol. The van der Waals surface area contributed by atoms with Crippen molar-refractivity contribution in [3.05, 3.63) is 23.4 Å². The van der Waals surface area contributed by atoms with Gasteiger partial charge in [0.15, 0.2) is 5.82 Å². The van der Waals surface area contributed by atoms with Crippen LogP contribution < -0.4 is 10.6 Å². The van der Waals surface area contributed by atoms with Crippen molar-refractivity contribution in [3.8, 4) is 0 Å². The second-order valence-corrected chi connectivity index (χ2v) is 5.93. The minimum atomic E-state index is -0.332. The summed E-state index contributed by atoms with van der Waals surface area (Å²) in [7, 11) is 0. The zero-order valence-corrected chi connectivity index (χ0v) is 13.7. The maximum absolute atomic E-state index is 12.2. The normalized spacial score (nSPS) is 18.5. The van der Waals surface area contributed by atoms with Crippen molar-refractivity contribution in [2.24, 2.45) is 0 Å². The van der Waals surface area contributed by atoms with Crippen molar-refractivity contribution >= 4 is 11.8 Å². The highest BCUT2D eigenvalue weighted by molar-refractivity contribution is 5.93. The molecule has 0 aromatic carbocycles. The average molecular weight is 318 g/mol. The van der Waals surface area contributed by atoms with Crippen LogP contribution in [0.3, 0.4) is 0 Å². The van der Waals surface area contributed by atoms with Crippen LogP contribution in [0.15, 0.2) is 10.6 Å². The summed E-state index contributed by atoms with van der Waals surface area (Å²) in [4.78, 5) is 16.7. The van der Waals surface area contributed by atoms with Gasteiger partial charge < -0.3 is 9.84 Å². The van der Waals surface area contributed by atoms with E-state index in [0.29, 0.717) is 5.88 Å². The Kier molecular flexibility index (Phi) is 4.42. The van der Waals surface area contributed by atoms with Crippen molar-refractivity contribution in [2.45, 2.75) is 58.7 Å². The number of fused-ring (bicyclic) bond motifs is 1. The smallest absolute Gasteiger partial charge is 0.243 e. The number of carbonyl (C=O) groups excluding carboxylic acids is 1. The van der Waals surface area contributed by atoms with E-state index in [9.17, 15) is 4.79 Å². The number of carbonyl (C=O) groups is 1. The number of anilines is 1. The molecule has 0 saturated carbocycles. The topological polar surface area (TPSA) is 97.9 Å². The van der Waals surface area contributed by atoms with Crippen LogP contribution in [-0.4, -0.2) is 37.9 Å². The van der Waals surface area contributed by atoms with Crippen molar-refractivity contribution in [3.63, 3.8) is 0 Å². The average Bonchev–Trinajstić information content (AvgIpc) is 3.12. The third kappa shape index (κ3) is 3.58. The van der Waals surface area contributed by atoms with Gasteiger partial charge in [0, 0.05) is 24.9 Å². The van der Waals surface area contributed by atoms with Gasteiger partial charge in [-0.15, -0.1) is 0 Å². The molecule has 1 aliphatic heterocycles. The summed E-state index contributed by atoms with van der Waals surface area (Å²) < 4.78 is 6.95. The first-order valence-electron chi connectivity index (χ1n) is 7.98. The number of hydrogen-bond acceptors (Lipinski definition) is 6. The largest absolute Gasteiger partial charge is 0.338 e. The van der Waals surface area contributed by atoms with Crippen molar-refractivity contribution < 1.29 is 9.32 Å². The molecule has 0 bridgehead atoms. The predicted octanol–water partition coefficient (Wildman–Crippen LogP) is 1.07. The van der Waals surface area contributed by atoms with Gasteiger partial charge in [-0.05, 0) is 20.3 Å². The molecule has 23 heavy (non-hydrogen) atoms. The fourth-order valence-electron chi connectivity index (χ4n) is 2.73. The molecule has 8 nitrogen and oxygen atoms in total. The number of nitrogens with one attached hydrogen (secondary N) is 2. The van der Waals surface area contributed by atoms with E-state index in [1.54, 1.807) is 6.07 Å². The molecule has 8 heteroatoms. The molecule has 124 valence electrons. The SMILES string of the molecule is CCc1nc2n(n1)C[C@H](N[C@H](C)C(=O)Nc1cc(C)no1)CC2. The highest BCUT2D eigenvalue weighted by Crippen LogP contribution is 2.14. The molecular weight excluding hydrogens is 296 g/mol. The van der Waals surface area contributed by atoms with Gasteiger partial charge in [0.25, 0.3) is 0 Å². The van der Waals surface area contributed by atoms with Gasteiger partial charge in [-0.3, -0.25) is 10.1 Å². The molecule has 0 aliphatic carbocycles. The van der Waals surface area contributed by atoms with E-state index < -0.39 is 0 Å². The number of aromatic nitrogens is 4. The van der Waals surface area contributed by atoms with Gasteiger partial charge >= 0.3 is 0 Å². The monoisotopic (exact) mass is 318 g/mol. The highest BCUT2D eigenvalue weighted by Gasteiger charge is 2.24. The van der Waals surface area contributed by atoms with E-state index in [1.807, 2.05) is 18.5 Å². The standard InChI is InChI=1S/C15H22N6O2/c1-4-12-17-13-6-5-11(8-21(13)19-12)16-10(3)15(22)18-14-7-9(2)20-23-14/h7,10-11,16H,4-6,8H2,1-3H3,(H,18,22)/t10-,11-/m1/s1. The number of aryl methyl sites for hydroxylation is 3. The molecule has 2 aromatic rings. The van der Waals surface area contributed by atoms with Crippen LogP contribution >= 0.6 is 0 Å². The van der Waals surface area contributed by atoms with Crippen LogP contribution in [0, 0.1) is 6.92 Å². The summed E-state index contributed by atoms with van der Waals surface area (Å²) >= 11 is 0. The Balaban J connectivity index is 1.55. The Hall–Kier alpha value is -2.22. The van der Waals surface area contributed by atoms with Crippen LogP contribution in [-0.2, 0) is 24.2 Å². The first kappa shape index (κ1) is 15.7. The maximum atomic E-state index is 12.2. The minimum Gasteiger partial charge on any atom is -0.338 e. The zero-order valence-electron chi connectivity index (χ0n) is 13.7. The Labute approximate surface area is 134 Å². The summed E-state index contributed by atoms with van der Waals surface area (Å²) in [6.07, 6.45) is 2.66.